The Morgan fingerprint density at radius 1 is 1.13 bits per heavy atom. The number of thiophene rings is 1. The van der Waals surface area contributed by atoms with E-state index in [9.17, 15) is 0 Å². The Morgan fingerprint density at radius 3 is 2.33 bits per heavy atom. The van der Waals surface area contributed by atoms with Crippen molar-refractivity contribution in [3.05, 3.63) is 57.8 Å². The zero-order valence-corrected chi connectivity index (χ0v) is 10.1. The number of rotatable bonds is 2. The maximum absolute atomic E-state index is 6.12. The highest BCUT2D eigenvalue weighted by Crippen LogP contribution is 2.23. The zero-order valence-electron chi connectivity index (χ0n) is 8.51. The molecule has 0 unspecified atom stereocenters. The monoisotopic (exact) mass is 239 g/mol. The highest BCUT2D eigenvalue weighted by molar-refractivity contribution is 7.10. The summed E-state index contributed by atoms with van der Waals surface area (Å²) in [4.78, 5) is 1.22. The van der Waals surface area contributed by atoms with Gasteiger partial charge in [-0.15, -0.1) is 23.7 Å². The lowest BCUT2D eigenvalue weighted by Gasteiger charge is -2.09. The number of hydrogen-bond acceptors (Lipinski definition) is 2. The van der Waals surface area contributed by atoms with Crippen LogP contribution in [0.15, 0.2) is 41.8 Å². The summed E-state index contributed by atoms with van der Waals surface area (Å²) in [5.41, 5.74) is 8.57. The van der Waals surface area contributed by atoms with Crippen LogP contribution in [-0.4, -0.2) is 0 Å². The predicted molar refractivity (Wildman–Crippen MR) is 68.8 cm³/mol. The van der Waals surface area contributed by atoms with Crippen LogP contribution in [0.5, 0.6) is 0 Å². The molecule has 0 fully saturated rings. The first kappa shape index (κ1) is 12.2. The van der Waals surface area contributed by atoms with E-state index in [0.717, 1.165) is 0 Å². The van der Waals surface area contributed by atoms with E-state index in [1.807, 2.05) is 6.07 Å². The summed E-state index contributed by atoms with van der Waals surface area (Å²) in [6.07, 6.45) is 0. The van der Waals surface area contributed by atoms with E-state index < -0.39 is 0 Å². The summed E-state index contributed by atoms with van der Waals surface area (Å²) in [7, 11) is 0. The van der Waals surface area contributed by atoms with Crippen LogP contribution in [0.4, 0.5) is 0 Å². The molecule has 15 heavy (non-hydrogen) atoms. The van der Waals surface area contributed by atoms with Crippen LogP contribution < -0.4 is 5.73 Å². The van der Waals surface area contributed by atoms with E-state index in [1.54, 1.807) is 11.3 Å². The molecule has 1 nitrogen and oxygen atoms in total. The lowest BCUT2D eigenvalue weighted by Crippen LogP contribution is -2.09. The van der Waals surface area contributed by atoms with Gasteiger partial charge in [0.05, 0.1) is 6.04 Å². The first-order valence-electron chi connectivity index (χ1n) is 4.63. The second-order valence-electron chi connectivity index (χ2n) is 3.40. The van der Waals surface area contributed by atoms with Crippen LogP contribution >= 0.6 is 23.7 Å². The summed E-state index contributed by atoms with van der Waals surface area (Å²) >= 11 is 1.71. The van der Waals surface area contributed by atoms with E-state index >= 15 is 0 Å². The SMILES string of the molecule is Cc1ccc([C@H](N)c2cccs2)cc1.Cl. The topological polar surface area (TPSA) is 26.0 Å². The molecule has 3 heteroatoms. The van der Waals surface area contributed by atoms with Gasteiger partial charge in [0.15, 0.2) is 0 Å². The molecule has 0 aliphatic rings. The van der Waals surface area contributed by atoms with Gasteiger partial charge in [0.2, 0.25) is 0 Å². The van der Waals surface area contributed by atoms with Crippen molar-refractivity contribution in [3.63, 3.8) is 0 Å². The molecular weight excluding hydrogens is 226 g/mol. The minimum atomic E-state index is 0. The molecule has 0 aliphatic carbocycles. The fourth-order valence-electron chi connectivity index (χ4n) is 1.41. The summed E-state index contributed by atoms with van der Waals surface area (Å²) in [5.74, 6) is 0. The highest BCUT2D eigenvalue weighted by Gasteiger charge is 2.08. The van der Waals surface area contributed by atoms with Crippen molar-refractivity contribution in [2.24, 2.45) is 5.73 Å². The van der Waals surface area contributed by atoms with Crippen molar-refractivity contribution in [1.82, 2.24) is 0 Å². The van der Waals surface area contributed by atoms with Gasteiger partial charge in [-0.05, 0) is 23.9 Å². The summed E-state index contributed by atoms with van der Waals surface area (Å²) in [6.45, 7) is 2.08. The average Bonchev–Trinajstić information content (AvgIpc) is 2.71. The molecule has 1 atom stereocenters. The first-order chi connectivity index (χ1) is 6.77. The van der Waals surface area contributed by atoms with Gasteiger partial charge in [-0.1, -0.05) is 35.9 Å². The van der Waals surface area contributed by atoms with E-state index in [4.69, 9.17) is 5.73 Å². The number of benzene rings is 1. The lowest BCUT2D eigenvalue weighted by atomic mass is 10.0. The van der Waals surface area contributed by atoms with Gasteiger partial charge in [-0.25, -0.2) is 0 Å². The van der Waals surface area contributed by atoms with E-state index in [1.165, 1.54) is 16.0 Å². The second-order valence-corrected chi connectivity index (χ2v) is 4.38. The van der Waals surface area contributed by atoms with Crippen LogP contribution in [0, 0.1) is 6.92 Å². The van der Waals surface area contributed by atoms with Crippen molar-refractivity contribution >= 4 is 23.7 Å². The molecule has 0 saturated carbocycles. The number of halogens is 1. The van der Waals surface area contributed by atoms with Crippen LogP contribution in [0.25, 0.3) is 0 Å². The molecule has 2 rings (SSSR count). The Morgan fingerprint density at radius 2 is 1.80 bits per heavy atom. The third-order valence-corrected chi connectivity index (χ3v) is 3.24. The minimum Gasteiger partial charge on any atom is -0.320 e. The normalized spacial score (nSPS) is 11.9. The molecule has 0 saturated heterocycles. The largest absolute Gasteiger partial charge is 0.320 e. The van der Waals surface area contributed by atoms with Crippen molar-refractivity contribution in [3.8, 4) is 0 Å². The molecule has 0 radical (unpaired) electrons. The molecule has 80 valence electrons. The van der Waals surface area contributed by atoms with Crippen molar-refractivity contribution in [2.45, 2.75) is 13.0 Å². The van der Waals surface area contributed by atoms with Gasteiger partial charge in [-0.3, -0.25) is 0 Å². The Labute approximate surface area is 100 Å². The van der Waals surface area contributed by atoms with Gasteiger partial charge in [0.25, 0.3) is 0 Å². The van der Waals surface area contributed by atoms with Crippen LogP contribution in [0.1, 0.15) is 22.0 Å². The van der Waals surface area contributed by atoms with Crippen LogP contribution in [-0.2, 0) is 0 Å². The van der Waals surface area contributed by atoms with E-state index in [-0.39, 0.29) is 18.4 Å². The third kappa shape index (κ3) is 2.81. The van der Waals surface area contributed by atoms with Crippen molar-refractivity contribution < 1.29 is 0 Å². The molecule has 0 spiro atoms. The predicted octanol–water partition coefficient (Wildman–Crippen LogP) is 3.53. The standard InChI is InChI=1S/C12H13NS.ClH/c1-9-4-6-10(7-5-9)12(13)11-3-2-8-14-11;/h2-8,12H,13H2,1H3;1H/t12-;/m0./s1. The Bertz CT molecular complexity index is 394. The molecule has 0 aliphatic heterocycles. The first-order valence-corrected chi connectivity index (χ1v) is 5.51. The molecular formula is C12H14ClNS. The second kappa shape index (κ2) is 5.31. The Hall–Kier alpha value is -0.830. The van der Waals surface area contributed by atoms with Crippen LogP contribution in [0.3, 0.4) is 0 Å². The maximum Gasteiger partial charge on any atom is 0.0645 e. The summed E-state index contributed by atoms with van der Waals surface area (Å²) in [5, 5.41) is 2.06. The Balaban J connectivity index is 0.00000112. The third-order valence-electron chi connectivity index (χ3n) is 2.29. The molecule has 0 bridgehead atoms. The van der Waals surface area contributed by atoms with Gasteiger partial charge in [0.1, 0.15) is 0 Å². The van der Waals surface area contributed by atoms with Crippen LogP contribution in [0.2, 0.25) is 0 Å². The fourth-order valence-corrected chi connectivity index (χ4v) is 2.16. The van der Waals surface area contributed by atoms with Gasteiger partial charge < -0.3 is 5.73 Å². The van der Waals surface area contributed by atoms with Gasteiger partial charge in [0, 0.05) is 4.88 Å². The average molecular weight is 240 g/mol. The molecule has 1 aromatic carbocycles. The summed E-state index contributed by atoms with van der Waals surface area (Å²) in [6, 6.07) is 12.5. The van der Waals surface area contributed by atoms with E-state index in [0.29, 0.717) is 0 Å². The molecule has 0 amide bonds. The number of nitrogens with two attached hydrogens (primary N) is 1. The van der Waals surface area contributed by atoms with Gasteiger partial charge >= 0.3 is 0 Å². The number of aryl methyl sites for hydroxylation is 1. The highest BCUT2D eigenvalue weighted by atomic mass is 35.5. The quantitative estimate of drug-likeness (QED) is 0.853. The van der Waals surface area contributed by atoms with Crippen molar-refractivity contribution in [2.75, 3.05) is 0 Å². The molecule has 1 heterocycles. The van der Waals surface area contributed by atoms with E-state index in [2.05, 4.69) is 42.6 Å². The van der Waals surface area contributed by atoms with Gasteiger partial charge in [-0.2, -0.15) is 0 Å². The fraction of sp³-hybridized carbons (Fsp3) is 0.167. The van der Waals surface area contributed by atoms with Crippen molar-refractivity contribution in [1.29, 1.82) is 0 Å². The Kier molecular flexibility index (Phi) is 4.33. The molecule has 2 N–H and O–H groups in total. The minimum absolute atomic E-state index is 0. The maximum atomic E-state index is 6.12. The number of hydrogen-bond donors (Lipinski definition) is 1. The zero-order chi connectivity index (χ0) is 9.97. The smallest absolute Gasteiger partial charge is 0.0645 e. The summed E-state index contributed by atoms with van der Waals surface area (Å²) < 4.78 is 0. The lowest BCUT2D eigenvalue weighted by molar-refractivity contribution is 0.893. The molecule has 2 aromatic rings. The molecule has 1 aromatic heterocycles.